The first kappa shape index (κ1) is 33.0. The molecule has 9 N–H and O–H groups in total. The molecule has 0 aromatic rings. The van der Waals surface area contributed by atoms with Crippen LogP contribution in [0.15, 0.2) is 0 Å². The first-order valence-electron chi connectivity index (χ1n) is 10.1. The molecule has 38 heavy (non-hydrogen) atoms. The van der Waals surface area contributed by atoms with Gasteiger partial charge in [0.2, 0.25) is 0 Å². The van der Waals surface area contributed by atoms with E-state index in [1.807, 2.05) is 0 Å². The molecule has 2 aliphatic rings. The topological polar surface area (TPSA) is 340 Å². The van der Waals surface area contributed by atoms with Gasteiger partial charge in [-0.25, -0.2) is 13.2 Å². The molecule has 0 aliphatic carbocycles. The Morgan fingerprint density at radius 1 is 0.789 bits per heavy atom. The molecule has 2 saturated heterocycles. The van der Waals surface area contributed by atoms with E-state index in [-0.39, 0.29) is 0 Å². The van der Waals surface area contributed by atoms with Crippen LogP contribution >= 0.6 is 0 Å². The van der Waals surface area contributed by atoms with E-state index in [1.54, 1.807) is 0 Å². The smallest absolute Gasteiger partial charge is 0.397 e. The SMILES string of the molecule is O=C(O)[C@H]1O[C@@H](O)[C@H](OS(=O)(=O)O)[C@@H](O)[C@@H]1COC[C@H]1O[C@H](COS(=O)(=O)O)[C@@H](O)[C@H](O)[C@H]1NS(=O)(=O)O. The van der Waals surface area contributed by atoms with Crippen LogP contribution < -0.4 is 4.72 Å². The number of carbonyl (C=O) groups is 1. The first-order valence-corrected chi connectivity index (χ1v) is 14.2. The first-order chi connectivity index (χ1) is 17.2. The van der Waals surface area contributed by atoms with Crippen LogP contribution in [0.1, 0.15) is 0 Å². The summed E-state index contributed by atoms with van der Waals surface area (Å²) in [6.07, 6.45) is -16.3. The van der Waals surface area contributed by atoms with Crippen LogP contribution in [0.4, 0.5) is 0 Å². The van der Waals surface area contributed by atoms with Crippen molar-refractivity contribution in [3.63, 3.8) is 0 Å². The number of ether oxygens (including phenoxy) is 3. The minimum absolute atomic E-state index is 0.846. The lowest BCUT2D eigenvalue weighted by Crippen LogP contribution is -2.65. The monoisotopic (exact) mass is 623 g/mol. The Kier molecular flexibility index (Phi) is 10.9. The Morgan fingerprint density at radius 2 is 1.39 bits per heavy atom. The second-order valence-electron chi connectivity index (χ2n) is 7.99. The molecule has 0 spiro atoms. The lowest BCUT2D eigenvalue weighted by Gasteiger charge is -2.43. The van der Waals surface area contributed by atoms with Crippen LogP contribution in [0, 0.1) is 5.92 Å². The minimum atomic E-state index is -5.27. The van der Waals surface area contributed by atoms with Gasteiger partial charge in [0.15, 0.2) is 18.5 Å². The number of aliphatic hydroxyl groups excluding tert-OH is 4. The van der Waals surface area contributed by atoms with Gasteiger partial charge in [-0.2, -0.15) is 30.0 Å². The van der Waals surface area contributed by atoms with Crippen molar-refractivity contribution in [2.24, 2.45) is 5.92 Å². The van der Waals surface area contributed by atoms with Gasteiger partial charge in [-0.05, 0) is 0 Å². The number of hydrogen-bond donors (Lipinski definition) is 9. The van der Waals surface area contributed by atoms with E-state index in [0.29, 0.717) is 0 Å². The third-order valence-corrected chi connectivity index (χ3v) is 6.78. The van der Waals surface area contributed by atoms with Crippen molar-refractivity contribution in [1.82, 2.24) is 4.72 Å². The Balaban J connectivity index is 2.21. The quantitative estimate of drug-likeness (QED) is 0.0913. The summed E-state index contributed by atoms with van der Waals surface area (Å²) >= 11 is 0. The number of hydrogen-bond acceptors (Lipinski definition) is 16. The molecule has 24 heteroatoms. The van der Waals surface area contributed by atoms with Crippen molar-refractivity contribution in [3.8, 4) is 0 Å². The van der Waals surface area contributed by atoms with E-state index in [4.69, 9.17) is 27.9 Å². The number of carboxylic acid groups (broad SMARTS) is 1. The fourth-order valence-corrected chi connectivity index (χ4v) is 5.14. The summed E-state index contributed by atoms with van der Waals surface area (Å²) in [4.78, 5) is 11.5. The Hall–Kier alpha value is -1.20. The predicted octanol–water partition coefficient (Wildman–Crippen LogP) is -5.96. The molecule has 0 radical (unpaired) electrons. The molecular formula is C14H25NO20S3. The summed E-state index contributed by atoms with van der Waals surface area (Å²) in [6, 6.07) is -1.87. The second kappa shape index (κ2) is 12.5. The molecule has 2 rings (SSSR count). The largest absolute Gasteiger partial charge is 0.479 e. The van der Waals surface area contributed by atoms with Crippen LogP contribution in [0.5, 0.6) is 0 Å². The van der Waals surface area contributed by atoms with E-state index in [9.17, 15) is 55.6 Å². The predicted molar refractivity (Wildman–Crippen MR) is 112 cm³/mol. The van der Waals surface area contributed by atoms with Crippen molar-refractivity contribution in [2.75, 3.05) is 19.8 Å². The molecular weight excluding hydrogens is 598 g/mol. The summed E-state index contributed by atoms with van der Waals surface area (Å²) in [5, 5.41) is 49.9. The van der Waals surface area contributed by atoms with Gasteiger partial charge in [0, 0.05) is 5.92 Å². The highest BCUT2D eigenvalue weighted by Crippen LogP contribution is 2.29. The molecule has 2 heterocycles. The fraction of sp³-hybridized carbons (Fsp3) is 0.929. The standard InChI is InChI=1S/C14H25NO20S3/c16-8-4(11(13(19)20)34-14(21)12(8)35-38(28,29)30)1-31-2-5-7(15-36(22,23)24)10(18)9(17)6(33-5)3-32-37(25,26)27/h4-12,14-18,21H,1-3H2,(H,19,20)(H,22,23,24)(H,25,26,27)(H,28,29,30)/t4-,5+,6+,7-,8-,9+,10+,11-,12+,14+/m0/s1. The minimum Gasteiger partial charge on any atom is -0.479 e. The average Bonchev–Trinajstić information content (AvgIpc) is 2.74. The van der Waals surface area contributed by atoms with Crippen molar-refractivity contribution < 1.29 is 91.8 Å². The van der Waals surface area contributed by atoms with Crippen LogP contribution in [-0.2, 0) is 58.5 Å². The van der Waals surface area contributed by atoms with Crippen molar-refractivity contribution in [2.45, 2.75) is 55.1 Å². The van der Waals surface area contributed by atoms with E-state index in [1.165, 1.54) is 4.72 Å². The van der Waals surface area contributed by atoms with Gasteiger partial charge in [0.05, 0.1) is 32.0 Å². The molecule has 21 nitrogen and oxygen atoms in total. The molecule has 0 unspecified atom stereocenters. The lowest BCUT2D eigenvalue weighted by molar-refractivity contribution is -0.269. The maximum absolute atomic E-state index is 11.5. The molecule has 0 saturated carbocycles. The van der Waals surface area contributed by atoms with E-state index < -0.39 is 118 Å². The Bertz CT molecular complexity index is 1140. The lowest BCUT2D eigenvalue weighted by atomic mass is 9.89. The van der Waals surface area contributed by atoms with E-state index >= 15 is 0 Å². The zero-order valence-electron chi connectivity index (χ0n) is 18.6. The highest BCUT2D eigenvalue weighted by molar-refractivity contribution is 7.83. The van der Waals surface area contributed by atoms with Gasteiger partial charge >= 0.3 is 37.1 Å². The van der Waals surface area contributed by atoms with Gasteiger partial charge in [-0.15, -0.1) is 0 Å². The van der Waals surface area contributed by atoms with Gasteiger partial charge in [-0.1, -0.05) is 0 Å². The average molecular weight is 624 g/mol. The zero-order valence-corrected chi connectivity index (χ0v) is 21.0. The second-order valence-corrected chi connectivity index (χ2v) is 11.3. The summed E-state index contributed by atoms with van der Waals surface area (Å²) in [5.41, 5.74) is 0. The maximum Gasteiger partial charge on any atom is 0.397 e. The van der Waals surface area contributed by atoms with Gasteiger partial charge in [0.1, 0.15) is 24.4 Å². The third kappa shape index (κ3) is 9.47. The van der Waals surface area contributed by atoms with Crippen molar-refractivity contribution >= 4 is 37.1 Å². The highest BCUT2D eigenvalue weighted by atomic mass is 32.3. The Morgan fingerprint density at radius 3 is 1.89 bits per heavy atom. The maximum atomic E-state index is 11.5. The number of rotatable bonds is 12. The summed E-state index contributed by atoms with van der Waals surface area (Å²) in [6.45, 7) is -2.81. The Labute approximate surface area is 214 Å². The summed E-state index contributed by atoms with van der Waals surface area (Å²) in [5.74, 6) is -3.48. The van der Waals surface area contributed by atoms with E-state index in [2.05, 4.69) is 8.37 Å². The number of aliphatic carboxylic acids is 1. The van der Waals surface area contributed by atoms with Crippen LogP contribution in [0.2, 0.25) is 0 Å². The van der Waals surface area contributed by atoms with Crippen molar-refractivity contribution in [3.05, 3.63) is 0 Å². The van der Waals surface area contributed by atoms with Gasteiger partial charge < -0.3 is 39.7 Å². The highest BCUT2D eigenvalue weighted by Gasteiger charge is 2.51. The summed E-state index contributed by atoms with van der Waals surface area (Å²) < 4.78 is 118. The molecule has 0 aromatic heterocycles. The number of carboxylic acids is 1. The molecule has 0 aromatic carbocycles. The van der Waals surface area contributed by atoms with Crippen LogP contribution in [-0.4, -0.2) is 145 Å². The molecule has 2 fully saturated rings. The molecule has 10 atom stereocenters. The molecule has 0 bridgehead atoms. The van der Waals surface area contributed by atoms with Crippen molar-refractivity contribution in [1.29, 1.82) is 0 Å². The van der Waals surface area contributed by atoms with Gasteiger partial charge in [-0.3, -0.25) is 13.7 Å². The normalized spacial score (nSPS) is 37.1. The molecule has 0 amide bonds. The molecule has 2 aliphatic heterocycles. The fourth-order valence-electron chi connectivity index (χ4n) is 3.71. The summed E-state index contributed by atoms with van der Waals surface area (Å²) in [7, 11) is -15.4. The number of nitrogens with one attached hydrogen (secondary N) is 1. The van der Waals surface area contributed by atoms with Gasteiger partial charge in [0.25, 0.3) is 0 Å². The van der Waals surface area contributed by atoms with E-state index in [0.717, 1.165) is 0 Å². The number of aliphatic hydroxyl groups is 4. The zero-order chi connectivity index (χ0) is 29.2. The third-order valence-electron chi connectivity index (χ3n) is 5.31. The van der Waals surface area contributed by atoms with Crippen LogP contribution in [0.3, 0.4) is 0 Å². The molecule has 224 valence electrons. The van der Waals surface area contributed by atoms with Crippen LogP contribution in [0.25, 0.3) is 0 Å².